The fraction of sp³-hybridized carbons (Fsp3) is 0.312. The molecule has 1 aromatic carbocycles. The Labute approximate surface area is 135 Å². The van der Waals surface area contributed by atoms with Crippen LogP contribution in [0.25, 0.3) is 5.78 Å². The van der Waals surface area contributed by atoms with E-state index in [1.807, 2.05) is 0 Å². The largest absolute Gasteiger partial charge is 0.413 e. The lowest BCUT2D eigenvalue weighted by Crippen LogP contribution is -2.38. The minimum absolute atomic E-state index is 0.209. The quantitative estimate of drug-likeness (QED) is 0.723. The van der Waals surface area contributed by atoms with Crippen LogP contribution in [-0.4, -0.2) is 32.3 Å². The van der Waals surface area contributed by atoms with Gasteiger partial charge in [-0.05, 0) is 18.9 Å². The zero-order chi connectivity index (χ0) is 16.9. The van der Waals surface area contributed by atoms with Crippen molar-refractivity contribution in [3.63, 3.8) is 0 Å². The maximum absolute atomic E-state index is 13.9. The summed E-state index contributed by atoms with van der Waals surface area (Å²) in [5.41, 5.74) is 1.70. The molecule has 0 fully saturated rings. The summed E-state index contributed by atoms with van der Waals surface area (Å²) in [6, 6.07) is 6.22. The third-order valence-corrected chi connectivity index (χ3v) is 4.32. The fourth-order valence-electron chi connectivity index (χ4n) is 3.33. The molecule has 0 radical (unpaired) electrons. The number of rotatable bonds is 2. The molecule has 0 bridgehead atoms. The summed E-state index contributed by atoms with van der Waals surface area (Å²) in [7, 11) is 0. The summed E-state index contributed by atoms with van der Waals surface area (Å²) in [5.74, 6) is 0.744. The molecule has 0 amide bonds. The first-order valence-electron chi connectivity index (χ1n) is 7.54. The molecule has 3 aromatic rings. The Kier molecular flexibility index (Phi) is 3.22. The summed E-state index contributed by atoms with van der Waals surface area (Å²) in [6.45, 7) is 2.05. The molecular formula is C16H14F3N5. The zero-order valence-corrected chi connectivity index (χ0v) is 12.8. The number of halogens is 3. The van der Waals surface area contributed by atoms with E-state index in [0.717, 1.165) is 5.56 Å². The monoisotopic (exact) mass is 333 g/mol. The van der Waals surface area contributed by atoms with E-state index in [9.17, 15) is 13.2 Å². The molecule has 4 rings (SSSR count). The maximum Gasteiger partial charge on any atom is 0.413 e. The Hall–Kier alpha value is -2.64. The highest BCUT2D eigenvalue weighted by molar-refractivity contribution is 5.60. The molecule has 24 heavy (non-hydrogen) atoms. The minimum Gasteiger partial charge on any atom is -0.340 e. The van der Waals surface area contributed by atoms with Gasteiger partial charge in [0.1, 0.15) is 12.1 Å². The fourth-order valence-corrected chi connectivity index (χ4v) is 3.33. The molecule has 124 valence electrons. The van der Waals surface area contributed by atoms with Crippen LogP contribution < -0.4 is 4.90 Å². The Bertz CT molecular complexity index is 888. The average Bonchev–Trinajstić information content (AvgIpc) is 3.14. The molecule has 3 heterocycles. The third kappa shape index (κ3) is 2.21. The molecular weight excluding hydrogens is 319 g/mol. The molecule has 0 saturated carbocycles. The van der Waals surface area contributed by atoms with Gasteiger partial charge in [-0.2, -0.15) is 27.8 Å². The van der Waals surface area contributed by atoms with Crippen molar-refractivity contribution >= 4 is 11.6 Å². The van der Waals surface area contributed by atoms with Crippen molar-refractivity contribution < 1.29 is 13.2 Å². The van der Waals surface area contributed by atoms with Crippen LogP contribution in [0.4, 0.5) is 19.0 Å². The Morgan fingerprint density at radius 1 is 1.17 bits per heavy atom. The molecule has 0 unspecified atom stereocenters. The van der Waals surface area contributed by atoms with Crippen LogP contribution in [0.1, 0.15) is 22.9 Å². The summed E-state index contributed by atoms with van der Waals surface area (Å²) in [6.07, 6.45) is -2.60. The van der Waals surface area contributed by atoms with Gasteiger partial charge in [0.2, 0.25) is 0 Å². The maximum atomic E-state index is 13.9. The Morgan fingerprint density at radius 3 is 2.62 bits per heavy atom. The van der Waals surface area contributed by atoms with E-state index >= 15 is 0 Å². The van der Waals surface area contributed by atoms with Gasteiger partial charge in [-0.15, -0.1) is 0 Å². The number of nitrogens with zero attached hydrogens (tertiary/aromatic N) is 5. The van der Waals surface area contributed by atoms with Gasteiger partial charge in [0.05, 0.1) is 0 Å². The van der Waals surface area contributed by atoms with Crippen molar-refractivity contribution in [1.29, 1.82) is 0 Å². The SMILES string of the molecule is Cc1nc2ncnn2c2c1CCN2[C@H](c1ccccc1)C(F)(F)F. The molecule has 2 aromatic heterocycles. The summed E-state index contributed by atoms with van der Waals surface area (Å²) in [5, 5.41) is 4.07. The number of aromatic nitrogens is 4. The number of hydrogen-bond acceptors (Lipinski definition) is 4. The third-order valence-electron chi connectivity index (χ3n) is 4.32. The van der Waals surface area contributed by atoms with Crippen LogP contribution in [0.5, 0.6) is 0 Å². The molecule has 1 aliphatic rings. The summed E-state index contributed by atoms with van der Waals surface area (Å²) in [4.78, 5) is 9.70. The van der Waals surface area contributed by atoms with Gasteiger partial charge >= 0.3 is 6.18 Å². The smallest absolute Gasteiger partial charge is 0.340 e. The first-order valence-corrected chi connectivity index (χ1v) is 7.54. The number of anilines is 1. The topological polar surface area (TPSA) is 46.3 Å². The number of benzene rings is 1. The van der Waals surface area contributed by atoms with Gasteiger partial charge in [-0.1, -0.05) is 30.3 Å². The van der Waals surface area contributed by atoms with E-state index in [2.05, 4.69) is 15.1 Å². The van der Waals surface area contributed by atoms with Crippen molar-refractivity contribution in [3.05, 3.63) is 53.5 Å². The highest BCUT2D eigenvalue weighted by Gasteiger charge is 2.47. The number of fused-ring (bicyclic) bond motifs is 3. The van der Waals surface area contributed by atoms with Gasteiger partial charge in [-0.3, -0.25) is 0 Å². The predicted molar refractivity (Wildman–Crippen MR) is 81.8 cm³/mol. The second kappa shape index (κ2) is 5.19. The highest BCUT2D eigenvalue weighted by Crippen LogP contribution is 2.43. The Balaban J connectivity index is 1.92. The number of hydrogen-bond donors (Lipinski definition) is 0. The molecule has 0 N–H and O–H groups in total. The first-order chi connectivity index (χ1) is 11.5. The lowest BCUT2D eigenvalue weighted by Gasteiger charge is -2.32. The summed E-state index contributed by atoms with van der Waals surface area (Å²) >= 11 is 0. The van der Waals surface area contributed by atoms with Crippen molar-refractivity contribution in [1.82, 2.24) is 19.6 Å². The van der Waals surface area contributed by atoms with E-state index in [0.29, 0.717) is 23.7 Å². The van der Waals surface area contributed by atoms with Crippen molar-refractivity contribution in [2.45, 2.75) is 25.6 Å². The number of alkyl halides is 3. The van der Waals surface area contributed by atoms with E-state index in [1.54, 1.807) is 25.1 Å². The van der Waals surface area contributed by atoms with Crippen LogP contribution in [0.15, 0.2) is 36.7 Å². The van der Waals surface area contributed by atoms with Crippen molar-refractivity contribution in [3.8, 4) is 0 Å². The molecule has 8 heteroatoms. The highest BCUT2D eigenvalue weighted by atomic mass is 19.4. The zero-order valence-electron chi connectivity index (χ0n) is 12.8. The van der Waals surface area contributed by atoms with Crippen molar-refractivity contribution in [2.75, 3.05) is 11.4 Å². The van der Waals surface area contributed by atoms with Crippen LogP contribution in [-0.2, 0) is 6.42 Å². The number of aryl methyl sites for hydroxylation is 1. The van der Waals surface area contributed by atoms with E-state index < -0.39 is 12.2 Å². The van der Waals surface area contributed by atoms with Gasteiger partial charge in [0.25, 0.3) is 5.78 Å². The predicted octanol–water partition coefficient (Wildman–Crippen LogP) is 3.10. The molecule has 0 saturated heterocycles. The second-order valence-electron chi connectivity index (χ2n) is 5.77. The average molecular weight is 333 g/mol. The van der Waals surface area contributed by atoms with Crippen molar-refractivity contribution in [2.24, 2.45) is 0 Å². The Morgan fingerprint density at radius 2 is 1.92 bits per heavy atom. The molecule has 0 aliphatic carbocycles. The van der Waals surface area contributed by atoms with Crippen LogP contribution in [0.2, 0.25) is 0 Å². The van der Waals surface area contributed by atoms with Gasteiger partial charge in [0.15, 0.2) is 6.04 Å². The van der Waals surface area contributed by atoms with Gasteiger partial charge in [-0.25, -0.2) is 4.98 Å². The molecule has 5 nitrogen and oxygen atoms in total. The lowest BCUT2D eigenvalue weighted by atomic mass is 10.1. The summed E-state index contributed by atoms with van der Waals surface area (Å²) < 4.78 is 43.0. The van der Waals surface area contributed by atoms with Gasteiger partial charge in [0, 0.05) is 17.8 Å². The van der Waals surface area contributed by atoms with E-state index in [1.165, 1.54) is 27.9 Å². The molecule has 1 atom stereocenters. The minimum atomic E-state index is -4.41. The van der Waals surface area contributed by atoms with Crippen LogP contribution >= 0.6 is 0 Å². The standard InChI is InChI=1S/C16H14F3N5/c1-10-12-7-8-23(14(12)24-15(22-10)20-9-21-24)13(16(17,18)19)11-5-3-2-4-6-11/h2-6,9,13H,7-8H2,1H3/t13-/m1/s1. The van der Waals surface area contributed by atoms with E-state index in [-0.39, 0.29) is 12.1 Å². The lowest BCUT2D eigenvalue weighted by molar-refractivity contribution is -0.150. The normalized spacial score (nSPS) is 15.8. The van der Waals surface area contributed by atoms with E-state index in [4.69, 9.17) is 0 Å². The second-order valence-corrected chi connectivity index (χ2v) is 5.77. The molecule has 0 spiro atoms. The van der Waals surface area contributed by atoms with Crippen LogP contribution in [0.3, 0.4) is 0 Å². The van der Waals surface area contributed by atoms with Crippen LogP contribution in [0, 0.1) is 6.92 Å². The van der Waals surface area contributed by atoms with Gasteiger partial charge < -0.3 is 4.90 Å². The molecule has 1 aliphatic heterocycles. The first kappa shape index (κ1) is 14.9.